The third kappa shape index (κ3) is 2.33. The van der Waals surface area contributed by atoms with Gasteiger partial charge in [-0.15, -0.1) is 11.3 Å². The van der Waals surface area contributed by atoms with Crippen LogP contribution in [-0.2, 0) is 12.8 Å². The SMILES string of the molecule is C=C(Nc1sc2c(c1C(=C)N)CCC2)c1ccc2nc[nH]c2c1. The van der Waals surface area contributed by atoms with Gasteiger partial charge in [0.1, 0.15) is 5.00 Å². The molecule has 4 nitrogen and oxygen atoms in total. The summed E-state index contributed by atoms with van der Waals surface area (Å²) in [7, 11) is 0. The molecule has 0 atom stereocenters. The Balaban J connectivity index is 1.67. The Morgan fingerprint density at radius 1 is 1.30 bits per heavy atom. The molecule has 0 fully saturated rings. The lowest BCUT2D eigenvalue weighted by molar-refractivity contribution is 0.913. The van der Waals surface area contributed by atoms with E-state index in [0.29, 0.717) is 5.70 Å². The fourth-order valence-corrected chi connectivity index (χ4v) is 4.52. The van der Waals surface area contributed by atoms with Crippen molar-refractivity contribution < 1.29 is 0 Å². The van der Waals surface area contributed by atoms with Gasteiger partial charge >= 0.3 is 0 Å². The average molecular weight is 322 g/mol. The maximum atomic E-state index is 6.04. The molecular weight excluding hydrogens is 304 g/mol. The smallest absolute Gasteiger partial charge is 0.103 e. The van der Waals surface area contributed by atoms with Crippen molar-refractivity contribution in [2.45, 2.75) is 19.3 Å². The molecule has 0 saturated carbocycles. The Morgan fingerprint density at radius 2 is 2.17 bits per heavy atom. The number of hydrogen-bond acceptors (Lipinski definition) is 4. The van der Waals surface area contributed by atoms with Crippen LogP contribution in [0.2, 0.25) is 0 Å². The standard InChI is InChI=1S/C18H18N4S/c1-10(19)17-13-4-3-5-16(13)23-18(17)22-11(2)12-6-7-14-15(8-12)21-9-20-14/h6-9,22H,1-5,19H2,(H,20,21). The Kier molecular flexibility index (Phi) is 3.23. The largest absolute Gasteiger partial charge is 0.399 e. The van der Waals surface area contributed by atoms with Gasteiger partial charge in [0.2, 0.25) is 0 Å². The highest BCUT2D eigenvalue weighted by Crippen LogP contribution is 2.42. The van der Waals surface area contributed by atoms with Gasteiger partial charge in [-0.3, -0.25) is 0 Å². The summed E-state index contributed by atoms with van der Waals surface area (Å²) in [6.07, 6.45) is 5.13. The van der Waals surface area contributed by atoms with Crippen LogP contribution in [0.25, 0.3) is 22.4 Å². The first-order valence-corrected chi connectivity index (χ1v) is 8.44. The number of fused-ring (bicyclic) bond motifs is 2. The first-order chi connectivity index (χ1) is 11.1. The minimum Gasteiger partial charge on any atom is -0.399 e. The lowest BCUT2D eigenvalue weighted by Gasteiger charge is -2.11. The van der Waals surface area contributed by atoms with Gasteiger partial charge in [0, 0.05) is 21.8 Å². The quantitative estimate of drug-likeness (QED) is 0.677. The van der Waals surface area contributed by atoms with Gasteiger partial charge < -0.3 is 16.0 Å². The molecule has 0 saturated heterocycles. The number of benzene rings is 1. The number of aromatic amines is 1. The molecular formula is C18H18N4S. The first kappa shape index (κ1) is 14.1. The highest BCUT2D eigenvalue weighted by Gasteiger charge is 2.23. The van der Waals surface area contributed by atoms with Crippen LogP contribution < -0.4 is 11.1 Å². The second-order valence-electron chi connectivity index (χ2n) is 5.82. The number of aromatic nitrogens is 2. The van der Waals surface area contributed by atoms with Crippen LogP contribution in [0.15, 0.2) is 37.7 Å². The molecule has 0 radical (unpaired) electrons. The molecule has 2 heterocycles. The third-order valence-corrected chi connectivity index (χ3v) is 5.48. The molecule has 0 amide bonds. The molecule has 3 aromatic rings. The van der Waals surface area contributed by atoms with Crippen LogP contribution in [0.4, 0.5) is 5.00 Å². The minimum absolute atomic E-state index is 0.628. The molecule has 116 valence electrons. The topological polar surface area (TPSA) is 66.7 Å². The van der Waals surface area contributed by atoms with E-state index in [9.17, 15) is 0 Å². The summed E-state index contributed by atoms with van der Waals surface area (Å²) in [6, 6.07) is 6.07. The van der Waals surface area contributed by atoms with Crippen LogP contribution in [0.3, 0.4) is 0 Å². The van der Waals surface area contributed by atoms with E-state index in [4.69, 9.17) is 5.73 Å². The first-order valence-electron chi connectivity index (χ1n) is 7.62. The summed E-state index contributed by atoms with van der Waals surface area (Å²) in [6.45, 7) is 8.14. The van der Waals surface area contributed by atoms with Crippen LogP contribution >= 0.6 is 11.3 Å². The molecule has 4 rings (SSSR count). The average Bonchev–Trinajstić information content (AvgIpc) is 3.20. The highest BCUT2D eigenvalue weighted by molar-refractivity contribution is 7.16. The van der Waals surface area contributed by atoms with Crippen LogP contribution in [0, 0.1) is 0 Å². The molecule has 1 aliphatic rings. The zero-order chi connectivity index (χ0) is 16.0. The van der Waals surface area contributed by atoms with Gasteiger partial charge in [0.25, 0.3) is 0 Å². The second-order valence-corrected chi connectivity index (χ2v) is 6.93. The van der Waals surface area contributed by atoms with Gasteiger partial charge in [-0.05, 0) is 42.5 Å². The molecule has 1 aromatic carbocycles. The van der Waals surface area contributed by atoms with Gasteiger partial charge in [-0.2, -0.15) is 0 Å². The normalized spacial score (nSPS) is 13.2. The van der Waals surface area contributed by atoms with Gasteiger partial charge in [-0.25, -0.2) is 4.98 Å². The highest BCUT2D eigenvalue weighted by atomic mass is 32.1. The Hall–Kier alpha value is -2.53. The molecule has 5 heteroatoms. The summed E-state index contributed by atoms with van der Waals surface area (Å²) in [4.78, 5) is 8.79. The number of hydrogen-bond donors (Lipinski definition) is 3. The van der Waals surface area contributed by atoms with Crippen LogP contribution in [0.5, 0.6) is 0 Å². The van der Waals surface area contributed by atoms with E-state index in [2.05, 4.69) is 34.5 Å². The molecule has 0 unspecified atom stereocenters. The number of anilines is 1. The summed E-state index contributed by atoms with van der Waals surface area (Å²) in [5, 5.41) is 4.50. The number of nitrogens with one attached hydrogen (secondary N) is 2. The zero-order valence-electron chi connectivity index (χ0n) is 12.8. The predicted molar refractivity (Wildman–Crippen MR) is 98.3 cm³/mol. The van der Waals surface area contributed by atoms with E-state index >= 15 is 0 Å². The van der Waals surface area contributed by atoms with Gasteiger partial charge in [-0.1, -0.05) is 19.2 Å². The Labute approximate surface area is 138 Å². The van der Waals surface area contributed by atoms with Crippen molar-refractivity contribution >= 4 is 38.8 Å². The van der Waals surface area contributed by atoms with E-state index in [0.717, 1.165) is 45.7 Å². The molecule has 2 aromatic heterocycles. The molecule has 23 heavy (non-hydrogen) atoms. The maximum Gasteiger partial charge on any atom is 0.103 e. The van der Waals surface area contributed by atoms with E-state index in [1.54, 1.807) is 17.7 Å². The van der Waals surface area contributed by atoms with Crippen molar-refractivity contribution in [1.82, 2.24) is 9.97 Å². The third-order valence-electron chi connectivity index (χ3n) is 4.28. The molecule has 4 N–H and O–H groups in total. The van der Waals surface area contributed by atoms with Crippen LogP contribution in [-0.4, -0.2) is 9.97 Å². The Bertz CT molecular complexity index is 932. The number of nitrogens with zero attached hydrogens (tertiary/aromatic N) is 1. The summed E-state index contributed by atoms with van der Waals surface area (Å²) in [5.41, 5.74) is 12.9. The van der Waals surface area contributed by atoms with Crippen molar-refractivity contribution in [3.05, 3.63) is 59.3 Å². The van der Waals surface area contributed by atoms with Crippen molar-refractivity contribution in [2.24, 2.45) is 5.73 Å². The number of thiophene rings is 1. The number of H-pyrrole nitrogens is 1. The van der Waals surface area contributed by atoms with Crippen LogP contribution in [0.1, 0.15) is 28.0 Å². The van der Waals surface area contributed by atoms with Crippen molar-refractivity contribution in [3.63, 3.8) is 0 Å². The second kappa shape index (κ2) is 5.28. The fraction of sp³-hybridized carbons (Fsp3) is 0.167. The number of aryl methyl sites for hydroxylation is 1. The van der Waals surface area contributed by atoms with Gasteiger partial charge in [0.05, 0.1) is 17.4 Å². The predicted octanol–water partition coefficient (Wildman–Crippen LogP) is 4.13. The lowest BCUT2D eigenvalue weighted by atomic mass is 10.1. The van der Waals surface area contributed by atoms with Crippen molar-refractivity contribution in [1.29, 1.82) is 0 Å². The van der Waals surface area contributed by atoms with Crippen molar-refractivity contribution in [3.8, 4) is 0 Å². The molecule has 0 spiro atoms. The molecule has 0 aliphatic heterocycles. The molecule has 0 bridgehead atoms. The van der Waals surface area contributed by atoms with E-state index in [1.165, 1.54) is 16.9 Å². The van der Waals surface area contributed by atoms with Crippen molar-refractivity contribution in [2.75, 3.05) is 5.32 Å². The summed E-state index contributed by atoms with van der Waals surface area (Å²) < 4.78 is 0. The summed E-state index contributed by atoms with van der Waals surface area (Å²) in [5.74, 6) is 0. The zero-order valence-corrected chi connectivity index (χ0v) is 13.6. The number of rotatable bonds is 4. The monoisotopic (exact) mass is 322 g/mol. The minimum atomic E-state index is 0.628. The Morgan fingerprint density at radius 3 is 3.00 bits per heavy atom. The maximum absolute atomic E-state index is 6.04. The van der Waals surface area contributed by atoms with E-state index in [1.807, 2.05) is 12.1 Å². The lowest BCUT2D eigenvalue weighted by Crippen LogP contribution is -2.02. The summed E-state index contributed by atoms with van der Waals surface area (Å²) >= 11 is 1.77. The van der Waals surface area contributed by atoms with Gasteiger partial charge in [0.15, 0.2) is 0 Å². The number of nitrogens with two attached hydrogens (primary N) is 1. The fourth-order valence-electron chi connectivity index (χ4n) is 3.16. The van der Waals surface area contributed by atoms with E-state index in [-0.39, 0.29) is 0 Å². The molecule has 1 aliphatic carbocycles. The van der Waals surface area contributed by atoms with E-state index < -0.39 is 0 Å². The number of imidazole rings is 1.